The van der Waals surface area contributed by atoms with Crippen molar-refractivity contribution in [1.29, 1.82) is 0 Å². The second-order valence-electron chi connectivity index (χ2n) is 4.53. The Bertz CT molecular complexity index is 605. The van der Waals surface area contributed by atoms with Gasteiger partial charge < -0.3 is 15.4 Å². The third-order valence-electron chi connectivity index (χ3n) is 3.31. The van der Waals surface area contributed by atoms with Crippen molar-refractivity contribution in [3.05, 3.63) is 36.4 Å². The Morgan fingerprint density at radius 1 is 1.20 bits per heavy atom. The molecule has 2 N–H and O–H groups in total. The number of ether oxygens (including phenoxy) is 1. The molecule has 20 heavy (non-hydrogen) atoms. The Labute approximate surface area is 116 Å². The molecular formula is C13H15N5O2. The monoisotopic (exact) mass is 273 g/mol. The standard InChI is InChI=1S/C13H15N5O2/c14-13(19)11-7-10(18-8-15-16-9-18)1-2-12(11)17-3-5-20-6-4-17/h1-2,7-9H,3-6H2,(H2,14,19). The first kappa shape index (κ1) is 12.6. The van der Waals surface area contributed by atoms with E-state index in [1.54, 1.807) is 23.3 Å². The number of morpholine rings is 1. The lowest BCUT2D eigenvalue weighted by Crippen LogP contribution is -2.37. The molecule has 1 aromatic carbocycles. The van der Waals surface area contributed by atoms with Gasteiger partial charge in [0.1, 0.15) is 12.7 Å². The van der Waals surface area contributed by atoms with Gasteiger partial charge in [0, 0.05) is 24.5 Å². The van der Waals surface area contributed by atoms with E-state index in [1.165, 1.54) is 0 Å². The molecule has 0 spiro atoms. The fourth-order valence-electron chi connectivity index (χ4n) is 2.30. The van der Waals surface area contributed by atoms with Gasteiger partial charge in [0.15, 0.2) is 0 Å². The predicted molar refractivity (Wildman–Crippen MR) is 72.9 cm³/mol. The summed E-state index contributed by atoms with van der Waals surface area (Å²) in [7, 11) is 0. The number of benzene rings is 1. The molecule has 2 heterocycles. The molecule has 0 bridgehead atoms. The first-order valence-electron chi connectivity index (χ1n) is 6.37. The van der Waals surface area contributed by atoms with Crippen LogP contribution in [0.25, 0.3) is 5.69 Å². The van der Waals surface area contributed by atoms with Gasteiger partial charge in [0.05, 0.1) is 18.8 Å². The minimum Gasteiger partial charge on any atom is -0.378 e. The maximum atomic E-state index is 11.7. The zero-order chi connectivity index (χ0) is 13.9. The van der Waals surface area contributed by atoms with Crippen LogP contribution in [0.4, 0.5) is 5.69 Å². The molecular weight excluding hydrogens is 258 g/mol. The third-order valence-corrected chi connectivity index (χ3v) is 3.31. The largest absolute Gasteiger partial charge is 0.378 e. The van der Waals surface area contributed by atoms with Gasteiger partial charge in [-0.25, -0.2) is 0 Å². The van der Waals surface area contributed by atoms with Gasteiger partial charge in [-0.2, -0.15) is 0 Å². The molecule has 1 aliphatic heterocycles. The highest BCUT2D eigenvalue weighted by molar-refractivity contribution is 5.99. The lowest BCUT2D eigenvalue weighted by molar-refractivity contribution is 0.0998. The van der Waals surface area contributed by atoms with Crippen LogP contribution in [-0.2, 0) is 4.74 Å². The fraction of sp³-hybridized carbons (Fsp3) is 0.308. The normalized spacial score (nSPS) is 15.3. The van der Waals surface area contributed by atoms with E-state index >= 15 is 0 Å². The highest BCUT2D eigenvalue weighted by Gasteiger charge is 2.18. The molecule has 104 valence electrons. The number of primary amides is 1. The maximum Gasteiger partial charge on any atom is 0.250 e. The first-order chi connectivity index (χ1) is 9.75. The Hall–Kier alpha value is -2.41. The predicted octanol–water partition coefficient (Wildman–Crippen LogP) is 0.203. The van der Waals surface area contributed by atoms with Crippen molar-refractivity contribution in [2.75, 3.05) is 31.2 Å². The van der Waals surface area contributed by atoms with Crippen LogP contribution in [0.1, 0.15) is 10.4 Å². The molecule has 0 saturated carbocycles. The first-order valence-corrected chi connectivity index (χ1v) is 6.37. The molecule has 1 fully saturated rings. The number of hydrogen-bond donors (Lipinski definition) is 1. The van der Waals surface area contributed by atoms with E-state index in [0.29, 0.717) is 18.8 Å². The number of amides is 1. The molecule has 2 aromatic rings. The van der Waals surface area contributed by atoms with E-state index in [2.05, 4.69) is 15.1 Å². The van der Waals surface area contributed by atoms with E-state index in [-0.39, 0.29) is 0 Å². The van der Waals surface area contributed by atoms with Gasteiger partial charge in [-0.05, 0) is 18.2 Å². The van der Waals surface area contributed by atoms with Crippen molar-refractivity contribution in [3.63, 3.8) is 0 Å². The second kappa shape index (κ2) is 5.30. The molecule has 0 aliphatic carbocycles. The Balaban J connectivity index is 2.00. The smallest absolute Gasteiger partial charge is 0.250 e. The van der Waals surface area contributed by atoms with Crippen LogP contribution in [0, 0.1) is 0 Å². The van der Waals surface area contributed by atoms with Gasteiger partial charge in [0.2, 0.25) is 0 Å². The summed E-state index contributed by atoms with van der Waals surface area (Å²) >= 11 is 0. The van der Waals surface area contributed by atoms with Gasteiger partial charge in [-0.3, -0.25) is 9.36 Å². The topological polar surface area (TPSA) is 86.3 Å². The maximum absolute atomic E-state index is 11.7. The van der Waals surface area contributed by atoms with Crippen LogP contribution in [0.2, 0.25) is 0 Å². The van der Waals surface area contributed by atoms with Gasteiger partial charge >= 0.3 is 0 Å². The van der Waals surface area contributed by atoms with Gasteiger partial charge in [-0.1, -0.05) is 0 Å². The van der Waals surface area contributed by atoms with E-state index in [1.807, 2.05) is 12.1 Å². The molecule has 7 heteroatoms. The molecule has 0 unspecified atom stereocenters. The number of anilines is 1. The lowest BCUT2D eigenvalue weighted by Gasteiger charge is -2.30. The number of nitrogens with zero attached hydrogens (tertiary/aromatic N) is 4. The van der Waals surface area contributed by atoms with Gasteiger partial charge in [0.25, 0.3) is 5.91 Å². The zero-order valence-electron chi connectivity index (χ0n) is 10.9. The van der Waals surface area contributed by atoms with Crippen molar-refractivity contribution >= 4 is 11.6 Å². The van der Waals surface area contributed by atoms with Crippen LogP contribution in [0.15, 0.2) is 30.9 Å². The fourth-order valence-corrected chi connectivity index (χ4v) is 2.30. The summed E-state index contributed by atoms with van der Waals surface area (Å²) in [6.07, 6.45) is 3.16. The van der Waals surface area contributed by atoms with Crippen molar-refractivity contribution in [1.82, 2.24) is 14.8 Å². The molecule has 0 atom stereocenters. The van der Waals surface area contributed by atoms with Crippen LogP contribution >= 0.6 is 0 Å². The van der Waals surface area contributed by atoms with Crippen molar-refractivity contribution < 1.29 is 9.53 Å². The third kappa shape index (κ3) is 2.35. The van der Waals surface area contributed by atoms with Crippen molar-refractivity contribution in [2.24, 2.45) is 5.73 Å². The molecule has 1 aromatic heterocycles. The van der Waals surface area contributed by atoms with E-state index in [4.69, 9.17) is 10.5 Å². The van der Waals surface area contributed by atoms with Crippen LogP contribution in [0.3, 0.4) is 0 Å². The summed E-state index contributed by atoms with van der Waals surface area (Å²) in [6.45, 7) is 2.83. The summed E-state index contributed by atoms with van der Waals surface area (Å²) < 4.78 is 7.06. The summed E-state index contributed by atoms with van der Waals surface area (Å²) in [6, 6.07) is 5.58. The molecule has 1 saturated heterocycles. The van der Waals surface area contributed by atoms with Crippen LogP contribution < -0.4 is 10.6 Å². The Morgan fingerprint density at radius 3 is 2.55 bits per heavy atom. The average Bonchev–Trinajstić information content (AvgIpc) is 3.02. The molecule has 0 radical (unpaired) electrons. The minimum atomic E-state index is -0.443. The molecule has 3 rings (SSSR count). The Morgan fingerprint density at radius 2 is 1.90 bits per heavy atom. The number of rotatable bonds is 3. The van der Waals surface area contributed by atoms with Crippen LogP contribution in [0.5, 0.6) is 0 Å². The van der Waals surface area contributed by atoms with Crippen molar-refractivity contribution in [3.8, 4) is 5.69 Å². The van der Waals surface area contributed by atoms with E-state index < -0.39 is 5.91 Å². The quantitative estimate of drug-likeness (QED) is 0.863. The second-order valence-corrected chi connectivity index (χ2v) is 4.53. The highest BCUT2D eigenvalue weighted by atomic mass is 16.5. The molecule has 1 aliphatic rings. The Kier molecular flexibility index (Phi) is 3.34. The number of carbonyl (C=O) groups excluding carboxylic acids is 1. The molecule has 1 amide bonds. The van der Waals surface area contributed by atoms with E-state index in [0.717, 1.165) is 24.5 Å². The van der Waals surface area contributed by atoms with Crippen LogP contribution in [-0.4, -0.2) is 47.0 Å². The zero-order valence-corrected chi connectivity index (χ0v) is 10.9. The highest BCUT2D eigenvalue weighted by Crippen LogP contribution is 2.24. The number of aromatic nitrogens is 3. The molecule has 7 nitrogen and oxygen atoms in total. The number of nitrogens with two attached hydrogens (primary N) is 1. The summed E-state index contributed by atoms with van der Waals surface area (Å²) in [5, 5.41) is 7.51. The average molecular weight is 273 g/mol. The number of hydrogen-bond acceptors (Lipinski definition) is 5. The minimum absolute atomic E-state index is 0.443. The van der Waals surface area contributed by atoms with Crippen molar-refractivity contribution in [2.45, 2.75) is 0 Å². The lowest BCUT2D eigenvalue weighted by atomic mass is 10.1. The van der Waals surface area contributed by atoms with E-state index in [9.17, 15) is 4.79 Å². The number of carbonyl (C=O) groups is 1. The summed E-state index contributed by atoms with van der Waals surface area (Å²) in [5.41, 5.74) is 7.66. The van der Waals surface area contributed by atoms with Gasteiger partial charge in [-0.15, -0.1) is 10.2 Å². The summed E-state index contributed by atoms with van der Waals surface area (Å²) in [5.74, 6) is -0.443. The summed E-state index contributed by atoms with van der Waals surface area (Å²) in [4.78, 5) is 13.8. The SMILES string of the molecule is NC(=O)c1cc(-n2cnnc2)ccc1N1CCOCC1.